The van der Waals surface area contributed by atoms with Crippen molar-refractivity contribution in [2.45, 2.75) is 13.2 Å². The smallest absolute Gasteiger partial charge is 0.125 e. The van der Waals surface area contributed by atoms with Crippen molar-refractivity contribution in [3.63, 3.8) is 0 Å². The molecule has 3 rings (SSSR count). The second-order valence-electron chi connectivity index (χ2n) is 4.08. The number of rotatable bonds is 2. The fourth-order valence-corrected chi connectivity index (χ4v) is 2.46. The van der Waals surface area contributed by atoms with Gasteiger partial charge in [-0.15, -0.1) is 0 Å². The summed E-state index contributed by atoms with van der Waals surface area (Å²) in [6.45, 7) is 1.20. The van der Waals surface area contributed by atoms with Gasteiger partial charge in [-0.25, -0.2) is 0 Å². The van der Waals surface area contributed by atoms with Crippen molar-refractivity contribution in [2.24, 2.45) is 0 Å². The molecule has 3 nitrogen and oxygen atoms in total. The van der Waals surface area contributed by atoms with E-state index in [2.05, 4.69) is 12.1 Å². The quantitative estimate of drug-likeness (QED) is 0.794. The molecule has 0 spiro atoms. The van der Waals surface area contributed by atoms with Crippen LogP contribution in [-0.2, 0) is 18.0 Å². The van der Waals surface area contributed by atoms with Crippen LogP contribution in [0.2, 0.25) is 0 Å². The van der Waals surface area contributed by atoms with E-state index in [0.717, 1.165) is 22.6 Å². The van der Waals surface area contributed by atoms with Crippen LogP contribution in [0.4, 0.5) is 0 Å². The number of methoxy groups -OCH3 is 2. The molecule has 0 saturated carbocycles. The molecule has 0 aliphatic carbocycles. The average molecular weight is 230 g/mol. The van der Waals surface area contributed by atoms with Crippen molar-refractivity contribution in [1.29, 1.82) is 0 Å². The molecule has 0 amide bonds. The Morgan fingerprint density at radius 3 is 1.88 bits per heavy atom. The van der Waals surface area contributed by atoms with Gasteiger partial charge in [-0.05, 0) is 17.5 Å². The Hall–Kier alpha value is -1.74. The Morgan fingerprint density at radius 1 is 0.882 bits per heavy atom. The summed E-state index contributed by atoms with van der Waals surface area (Å²) in [6, 6.07) is 8.13. The molecule has 0 saturated heterocycles. The average Bonchev–Trinajstić information content (AvgIpc) is 2.40. The lowest BCUT2D eigenvalue weighted by molar-refractivity contribution is 0.0993. The minimum Gasteiger partial charge on any atom is -0.496 e. The highest BCUT2D eigenvalue weighted by Gasteiger charge is 2.19. The van der Waals surface area contributed by atoms with Gasteiger partial charge >= 0.3 is 0 Å². The third-order valence-electron chi connectivity index (χ3n) is 3.25. The molecular weight excluding hydrogens is 216 g/mol. The van der Waals surface area contributed by atoms with Gasteiger partial charge in [0, 0.05) is 16.5 Å². The van der Waals surface area contributed by atoms with E-state index in [9.17, 15) is 0 Å². The highest BCUT2D eigenvalue weighted by molar-refractivity contribution is 5.92. The molecule has 2 aromatic rings. The predicted octanol–water partition coefficient (Wildman–Crippen LogP) is 2.89. The summed E-state index contributed by atoms with van der Waals surface area (Å²) in [5.41, 5.74) is 2.23. The van der Waals surface area contributed by atoms with Gasteiger partial charge in [-0.2, -0.15) is 0 Å². The van der Waals surface area contributed by atoms with Gasteiger partial charge in [-0.3, -0.25) is 0 Å². The zero-order chi connectivity index (χ0) is 11.8. The molecule has 88 valence electrons. The number of hydrogen-bond donors (Lipinski definition) is 0. The summed E-state index contributed by atoms with van der Waals surface area (Å²) in [6.07, 6.45) is 0. The normalized spacial score (nSPS) is 13.8. The zero-order valence-electron chi connectivity index (χ0n) is 9.95. The second-order valence-corrected chi connectivity index (χ2v) is 4.08. The standard InChI is InChI=1S/C14H14O3/c1-15-12-5-3-9-4-6-13(16-2)11-8-17-7-10(12)14(9)11/h3-6H,7-8H2,1-2H3. The maximum absolute atomic E-state index is 5.61. The van der Waals surface area contributed by atoms with E-state index in [1.807, 2.05) is 12.1 Å². The maximum atomic E-state index is 5.61. The Bertz CT molecular complexity index is 528. The summed E-state index contributed by atoms with van der Waals surface area (Å²) in [4.78, 5) is 0. The van der Waals surface area contributed by atoms with Crippen molar-refractivity contribution >= 4 is 10.8 Å². The number of ether oxygens (including phenoxy) is 3. The van der Waals surface area contributed by atoms with Gasteiger partial charge in [0.2, 0.25) is 0 Å². The molecule has 0 aromatic heterocycles. The summed E-state index contributed by atoms with van der Waals surface area (Å²) in [7, 11) is 3.37. The monoisotopic (exact) mass is 230 g/mol. The lowest BCUT2D eigenvalue weighted by atomic mass is 9.96. The molecule has 3 heteroatoms. The lowest BCUT2D eigenvalue weighted by Gasteiger charge is -2.22. The van der Waals surface area contributed by atoms with Gasteiger partial charge in [0.1, 0.15) is 11.5 Å². The topological polar surface area (TPSA) is 27.7 Å². The molecular formula is C14H14O3. The van der Waals surface area contributed by atoms with E-state index in [1.54, 1.807) is 14.2 Å². The van der Waals surface area contributed by atoms with Gasteiger partial charge in [0.25, 0.3) is 0 Å². The van der Waals surface area contributed by atoms with E-state index < -0.39 is 0 Å². The van der Waals surface area contributed by atoms with E-state index in [4.69, 9.17) is 14.2 Å². The maximum Gasteiger partial charge on any atom is 0.125 e. The van der Waals surface area contributed by atoms with Crippen molar-refractivity contribution in [3.8, 4) is 11.5 Å². The molecule has 1 heterocycles. The van der Waals surface area contributed by atoms with Crippen LogP contribution >= 0.6 is 0 Å². The van der Waals surface area contributed by atoms with Gasteiger partial charge in [0.15, 0.2) is 0 Å². The first kappa shape index (κ1) is 10.4. The van der Waals surface area contributed by atoms with Crippen LogP contribution in [0.1, 0.15) is 11.1 Å². The first-order chi connectivity index (χ1) is 8.35. The van der Waals surface area contributed by atoms with Crippen molar-refractivity contribution in [1.82, 2.24) is 0 Å². The molecule has 1 aliphatic rings. The van der Waals surface area contributed by atoms with Crippen LogP contribution in [-0.4, -0.2) is 14.2 Å². The van der Waals surface area contributed by atoms with Crippen LogP contribution in [0.5, 0.6) is 11.5 Å². The molecule has 2 aromatic carbocycles. The molecule has 0 fully saturated rings. The number of benzene rings is 2. The molecule has 1 aliphatic heterocycles. The molecule has 17 heavy (non-hydrogen) atoms. The first-order valence-electron chi connectivity index (χ1n) is 5.58. The molecule has 0 atom stereocenters. The van der Waals surface area contributed by atoms with Crippen LogP contribution in [0.25, 0.3) is 10.8 Å². The van der Waals surface area contributed by atoms with Gasteiger partial charge < -0.3 is 14.2 Å². The van der Waals surface area contributed by atoms with Crippen LogP contribution in [0.3, 0.4) is 0 Å². The van der Waals surface area contributed by atoms with Crippen LogP contribution in [0, 0.1) is 0 Å². The Morgan fingerprint density at radius 2 is 1.41 bits per heavy atom. The minimum atomic E-state index is 0.598. The predicted molar refractivity (Wildman–Crippen MR) is 65.5 cm³/mol. The highest BCUT2D eigenvalue weighted by atomic mass is 16.5. The van der Waals surface area contributed by atoms with Gasteiger partial charge in [0.05, 0.1) is 27.4 Å². The van der Waals surface area contributed by atoms with Crippen molar-refractivity contribution < 1.29 is 14.2 Å². The van der Waals surface area contributed by atoms with E-state index in [0.29, 0.717) is 13.2 Å². The Balaban J connectivity index is 2.40. The summed E-state index contributed by atoms with van der Waals surface area (Å²) in [5.74, 6) is 1.76. The fourth-order valence-electron chi connectivity index (χ4n) is 2.46. The molecule has 0 N–H and O–H groups in total. The van der Waals surface area contributed by atoms with Gasteiger partial charge in [-0.1, -0.05) is 12.1 Å². The Kier molecular flexibility index (Phi) is 2.41. The summed E-state index contributed by atoms with van der Waals surface area (Å²) >= 11 is 0. The first-order valence-corrected chi connectivity index (χ1v) is 5.58. The van der Waals surface area contributed by atoms with Crippen LogP contribution in [0.15, 0.2) is 24.3 Å². The zero-order valence-corrected chi connectivity index (χ0v) is 9.95. The Labute approximate surface area is 99.9 Å². The third kappa shape index (κ3) is 1.46. The SMILES string of the molecule is COc1ccc2ccc(OC)c3c2c1COC3. The number of hydrogen-bond acceptors (Lipinski definition) is 3. The minimum absolute atomic E-state index is 0.598. The molecule has 0 radical (unpaired) electrons. The highest BCUT2D eigenvalue weighted by Crippen LogP contribution is 2.38. The van der Waals surface area contributed by atoms with Crippen molar-refractivity contribution in [2.75, 3.05) is 14.2 Å². The lowest BCUT2D eigenvalue weighted by Crippen LogP contribution is -2.07. The summed E-state index contributed by atoms with van der Waals surface area (Å²) in [5, 5.41) is 2.43. The van der Waals surface area contributed by atoms with Crippen LogP contribution < -0.4 is 9.47 Å². The van der Waals surface area contributed by atoms with Crippen molar-refractivity contribution in [3.05, 3.63) is 35.4 Å². The molecule has 0 bridgehead atoms. The third-order valence-corrected chi connectivity index (χ3v) is 3.25. The van der Waals surface area contributed by atoms with E-state index in [-0.39, 0.29) is 0 Å². The van der Waals surface area contributed by atoms with E-state index in [1.165, 1.54) is 10.8 Å². The molecule has 0 unspecified atom stereocenters. The second kappa shape index (κ2) is 3.93. The fraction of sp³-hybridized carbons (Fsp3) is 0.286. The largest absolute Gasteiger partial charge is 0.496 e. The summed E-state index contributed by atoms with van der Waals surface area (Å²) < 4.78 is 16.4. The van der Waals surface area contributed by atoms with E-state index >= 15 is 0 Å².